The summed E-state index contributed by atoms with van der Waals surface area (Å²) >= 11 is 0. The maximum Gasteiger partial charge on any atom is 0.433 e. The number of hydrogen-bond donors (Lipinski definition) is 1. The van der Waals surface area contributed by atoms with Crippen LogP contribution < -0.4 is 5.32 Å². The monoisotopic (exact) mass is 283 g/mol. The van der Waals surface area contributed by atoms with E-state index >= 15 is 0 Å². The van der Waals surface area contributed by atoms with E-state index in [1.807, 2.05) is 6.07 Å². The minimum absolute atomic E-state index is 0.219. The van der Waals surface area contributed by atoms with Gasteiger partial charge in [-0.2, -0.15) is 18.4 Å². The summed E-state index contributed by atoms with van der Waals surface area (Å²) in [5, 5.41) is 12.3. The van der Waals surface area contributed by atoms with E-state index in [1.54, 1.807) is 0 Å². The highest BCUT2D eigenvalue weighted by atomic mass is 19.4. The van der Waals surface area contributed by atoms with Gasteiger partial charge in [0.25, 0.3) is 0 Å². The van der Waals surface area contributed by atoms with E-state index in [9.17, 15) is 13.2 Å². The number of pyridine rings is 1. The first-order valence-electron chi connectivity index (χ1n) is 6.74. The van der Waals surface area contributed by atoms with Gasteiger partial charge in [-0.3, -0.25) is 0 Å². The molecule has 0 radical (unpaired) electrons. The summed E-state index contributed by atoms with van der Waals surface area (Å²) in [6.07, 6.45) is 0.352. The molecule has 1 aliphatic rings. The van der Waals surface area contributed by atoms with Gasteiger partial charge in [0.2, 0.25) is 0 Å². The molecule has 0 aliphatic carbocycles. The molecular weight excluding hydrogens is 267 g/mol. The number of nitrogens with zero attached hydrogens (tertiary/aromatic N) is 2. The molecule has 108 valence electrons. The molecule has 20 heavy (non-hydrogen) atoms. The quantitative estimate of drug-likeness (QED) is 0.857. The zero-order valence-electron chi connectivity index (χ0n) is 11.0. The minimum atomic E-state index is -4.48. The Balaban J connectivity index is 2.34. The van der Waals surface area contributed by atoms with Crippen molar-refractivity contribution >= 4 is 0 Å². The second-order valence-corrected chi connectivity index (χ2v) is 4.95. The number of rotatable bonds is 1. The Hall–Kier alpha value is -1.61. The molecule has 3 nitrogen and oxygen atoms in total. The van der Waals surface area contributed by atoms with E-state index in [4.69, 9.17) is 5.26 Å². The Morgan fingerprint density at radius 1 is 1.20 bits per heavy atom. The van der Waals surface area contributed by atoms with Gasteiger partial charge < -0.3 is 5.32 Å². The molecule has 1 fully saturated rings. The van der Waals surface area contributed by atoms with E-state index < -0.39 is 11.9 Å². The molecule has 1 aliphatic heterocycles. The first-order chi connectivity index (χ1) is 9.52. The predicted octanol–water partition coefficient (Wildman–Crippen LogP) is 3.57. The molecule has 1 unspecified atom stereocenters. The largest absolute Gasteiger partial charge is 0.433 e. The molecule has 0 aromatic carbocycles. The summed E-state index contributed by atoms with van der Waals surface area (Å²) in [5.41, 5.74) is -0.490. The third-order valence-electron chi connectivity index (χ3n) is 3.48. The van der Waals surface area contributed by atoms with E-state index in [-0.39, 0.29) is 17.3 Å². The van der Waals surface area contributed by atoms with Gasteiger partial charge in [-0.1, -0.05) is 19.3 Å². The molecule has 0 bridgehead atoms. The Morgan fingerprint density at radius 3 is 2.65 bits per heavy atom. The molecule has 1 N–H and O–H groups in total. The molecule has 0 spiro atoms. The molecule has 6 heteroatoms. The second kappa shape index (κ2) is 6.23. The highest BCUT2D eigenvalue weighted by molar-refractivity contribution is 5.36. The predicted molar refractivity (Wildman–Crippen MR) is 67.8 cm³/mol. The molecule has 1 atom stereocenters. The molecular formula is C14H16F3N3. The zero-order chi connectivity index (χ0) is 14.6. The van der Waals surface area contributed by atoms with Gasteiger partial charge in [0, 0.05) is 0 Å². The van der Waals surface area contributed by atoms with Crippen LogP contribution >= 0.6 is 0 Å². The molecule has 2 rings (SSSR count). The summed E-state index contributed by atoms with van der Waals surface area (Å²) in [7, 11) is 0. The molecule has 2 heterocycles. The van der Waals surface area contributed by atoms with Crippen LogP contribution in [0.4, 0.5) is 13.2 Å². The van der Waals surface area contributed by atoms with Crippen LogP contribution in [0.2, 0.25) is 0 Å². The summed E-state index contributed by atoms with van der Waals surface area (Å²) in [6.45, 7) is 0.744. The van der Waals surface area contributed by atoms with Gasteiger partial charge in [0.15, 0.2) is 0 Å². The van der Waals surface area contributed by atoms with Crippen LogP contribution in [0.3, 0.4) is 0 Å². The maximum atomic E-state index is 12.8. The van der Waals surface area contributed by atoms with Gasteiger partial charge in [0.1, 0.15) is 11.8 Å². The second-order valence-electron chi connectivity index (χ2n) is 4.95. The normalized spacial score (nSPS) is 20.8. The van der Waals surface area contributed by atoms with E-state index in [2.05, 4.69) is 10.3 Å². The molecule has 0 saturated carbocycles. The van der Waals surface area contributed by atoms with Crippen LogP contribution in [-0.4, -0.2) is 11.5 Å². The molecule has 1 aromatic heterocycles. The lowest BCUT2D eigenvalue weighted by Gasteiger charge is -2.22. The average Bonchev–Trinajstić information content (AvgIpc) is 2.36. The third kappa shape index (κ3) is 3.48. The van der Waals surface area contributed by atoms with Crippen molar-refractivity contribution in [3.8, 4) is 6.07 Å². The fourth-order valence-electron chi connectivity index (χ4n) is 2.43. The van der Waals surface area contributed by atoms with E-state index in [1.165, 1.54) is 6.07 Å². The fourth-order valence-corrected chi connectivity index (χ4v) is 2.43. The Labute approximate surface area is 115 Å². The Kier molecular flexibility index (Phi) is 4.61. The molecule has 0 amide bonds. The van der Waals surface area contributed by atoms with Gasteiger partial charge in [-0.25, -0.2) is 4.98 Å². The maximum absolute atomic E-state index is 12.8. The van der Waals surface area contributed by atoms with Crippen molar-refractivity contribution in [1.82, 2.24) is 10.3 Å². The van der Waals surface area contributed by atoms with Gasteiger partial charge in [-0.15, -0.1) is 0 Å². The van der Waals surface area contributed by atoms with Crippen molar-refractivity contribution in [3.63, 3.8) is 0 Å². The third-order valence-corrected chi connectivity index (χ3v) is 3.48. The lowest BCUT2D eigenvalue weighted by molar-refractivity contribution is -0.141. The Bertz CT molecular complexity index is 497. The van der Waals surface area contributed by atoms with Crippen molar-refractivity contribution in [3.05, 3.63) is 29.1 Å². The number of halogens is 3. The van der Waals surface area contributed by atoms with Crippen molar-refractivity contribution in [1.29, 1.82) is 5.26 Å². The fraction of sp³-hybridized carbons (Fsp3) is 0.571. The van der Waals surface area contributed by atoms with Crippen LogP contribution in [0.15, 0.2) is 12.1 Å². The van der Waals surface area contributed by atoms with Crippen molar-refractivity contribution in [2.24, 2.45) is 0 Å². The van der Waals surface area contributed by atoms with Gasteiger partial charge in [0.05, 0.1) is 17.3 Å². The summed E-state index contributed by atoms with van der Waals surface area (Å²) in [4.78, 5) is 3.70. The summed E-state index contributed by atoms with van der Waals surface area (Å²) in [6, 6.07) is 3.75. The lowest BCUT2D eigenvalue weighted by atomic mass is 9.98. The number of nitrogens with one attached hydrogen (secondary N) is 1. The topological polar surface area (TPSA) is 48.7 Å². The highest BCUT2D eigenvalue weighted by Crippen LogP contribution is 2.31. The number of nitriles is 1. The summed E-state index contributed by atoms with van der Waals surface area (Å²) in [5.74, 6) is 0. The SMILES string of the molecule is N#Cc1ccc(C(F)(F)F)nc1C1CCCCCCN1. The molecule has 1 aromatic rings. The van der Waals surface area contributed by atoms with Crippen LogP contribution in [0.1, 0.15) is 55.1 Å². The minimum Gasteiger partial charge on any atom is -0.309 e. The van der Waals surface area contributed by atoms with Gasteiger partial charge >= 0.3 is 6.18 Å². The zero-order valence-corrected chi connectivity index (χ0v) is 11.0. The van der Waals surface area contributed by atoms with Crippen LogP contribution in [0, 0.1) is 11.3 Å². The van der Waals surface area contributed by atoms with E-state index in [0.717, 1.165) is 38.3 Å². The average molecular weight is 283 g/mol. The van der Waals surface area contributed by atoms with Crippen molar-refractivity contribution < 1.29 is 13.2 Å². The Morgan fingerprint density at radius 2 is 1.95 bits per heavy atom. The standard InChI is InChI=1S/C14H16F3N3/c15-14(16,17)12-7-6-10(9-18)13(20-12)11-5-3-1-2-4-8-19-11/h6-7,11,19H,1-5,8H2. The highest BCUT2D eigenvalue weighted by Gasteiger charge is 2.33. The first kappa shape index (κ1) is 14.8. The lowest BCUT2D eigenvalue weighted by Crippen LogP contribution is -2.26. The van der Waals surface area contributed by atoms with Crippen LogP contribution in [-0.2, 0) is 6.18 Å². The van der Waals surface area contributed by atoms with E-state index in [0.29, 0.717) is 6.42 Å². The van der Waals surface area contributed by atoms with Crippen LogP contribution in [0.25, 0.3) is 0 Å². The molecule has 1 saturated heterocycles. The van der Waals surface area contributed by atoms with Crippen molar-refractivity contribution in [2.45, 2.75) is 44.3 Å². The van der Waals surface area contributed by atoms with Crippen LogP contribution in [0.5, 0.6) is 0 Å². The smallest absolute Gasteiger partial charge is 0.309 e. The number of alkyl halides is 3. The first-order valence-corrected chi connectivity index (χ1v) is 6.74. The van der Waals surface area contributed by atoms with Gasteiger partial charge in [-0.05, 0) is 31.5 Å². The summed E-state index contributed by atoms with van der Waals surface area (Å²) < 4.78 is 38.3. The van der Waals surface area contributed by atoms with Crippen molar-refractivity contribution in [2.75, 3.05) is 6.54 Å². The number of aromatic nitrogens is 1. The number of hydrogen-bond acceptors (Lipinski definition) is 3.